The van der Waals surface area contributed by atoms with Crippen LogP contribution in [0.3, 0.4) is 0 Å². The Labute approximate surface area is 153 Å². The first-order valence-electron chi connectivity index (χ1n) is 9.25. The lowest BCUT2D eigenvalue weighted by atomic mass is 10.1. The molecule has 0 saturated carbocycles. The number of rotatable bonds is 8. The Morgan fingerprint density at radius 1 is 1.20 bits per heavy atom. The molecule has 1 amide bonds. The van der Waals surface area contributed by atoms with E-state index in [1.165, 1.54) is 17.8 Å². The van der Waals surface area contributed by atoms with Crippen molar-refractivity contribution in [2.45, 2.75) is 52.4 Å². The van der Waals surface area contributed by atoms with Gasteiger partial charge in [0, 0.05) is 17.5 Å². The molecule has 0 N–H and O–H groups in total. The van der Waals surface area contributed by atoms with Crippen LogP contribution in [0, 0.1) is 0 Å². The third-order valence-electron chi connectivity index (χ3n) is 4.45. The highest BCUT2D eigenvalue weighted by Gasteiger charge is 2.25. The van der Waals surface area contributed by atoms with Gasteiger partial charge in [-0.25, -0.2) is 4.98 Å². The zero-order chi connectivity index (χ0) is 17.6. The van der Waals surface area contributed by atoms with E-state index >= 15 is 0 Å². The number of thiazole rings is 1. The minimum Gasteiger partial charge on any atom is -0.482 e. The molecule has 1 aliphatic heterocycles. The van der Waals surface area contributed by atoms with E-state index in [1.54, 1.807) is 11.3 Å². The van der Waals surface area contributed by atoms with Crippen molar-refractivity contribution in [3.8, 4) is 17.0 Å². The Bertz CT molecular complexity index is 726. The van der Waals surface area contributed by atoms with Crippen LogP contribution in [-0.2, 0) is 11.2 Å². The van der Waals surface area contributed by atoms with Crippen molar-refractivity contribution < 1.29 is 9.53 Å². The summed E-state index contributed by atoms with van der Waals surface area (Å²) < 4.78 is 5.62. The van der Waals surface area contributed by atoms with Gasteiger partial charge in [0.25, 0.3) is 5.91 Å². The van der Waals surface area contributed by atoms with Gasteiger partial charge in [0.15, 0.2) is 6.61 Å². The average molecular weight is 359 g/mol. The maximum absolute atomic E-state index is 12.3. The third-order valence-corrected chi connectivity index (χ3v) is 5.36. The lowest BCUT2D eigenvalue weighted by molar-refractivity contribution is -0.121. The second kappa shape index (κ2) is 8.48. The molecule has 0 unspecified atom stereocenters. The number of benzene rings is 1. The lowest BCUT2D eigenvalue weighted by Crippen LogP contribution is -2.39. The maximum Gasteiger partial charge on any atom is 0.265 e. The van der Waals surface area contributed by atoms with Gasteiger partial charge >= 0.3 is 0 Å². The number of aryl methyl sites for hydroxylation is 1. The second-order valence-electron chi connectivity index (χ2n) is 6.45. The predicted molar refractivity (Wildman–Crippen MR) is 104 cm³/mol. The Kier molecular flexibility index (Phi) is 6.08. The smallest absolute Gasteiger partial charge is 0.265 e. The highest BCUT2D eigenvalue weighted by molar-refractivity contribution is 7.09. The lowest BCUT2D eigenvalue weighted by Gasteiger charge is -2.29. The first-order valence-corrected chi connectivity index (χ1v) is 10.1. The van der Waals surface area contributed by atoms with Crippen molar-refractivity contribution in [2.75, 3.05) is 18.1 Å². The normalized spacial score (nSPS) is 13.7. The van der Waals surface area contributed by atoms with E-state index in [4.69, 9.17) is 9.72 Å². The summed E-state index contributed by atoms with van der Waals surface area (Å²) in [6, 6.07) is 6.06. The minimum absolute atomic E-state index is 0.0473. The van der Waals surface area contributed by atoms with Crippen LogP contribution in [0.1, 0.15) is 51.0 Å². The average Bonchev–Trinajstić information content (AvgIpc) is 3.09. The quantitative estimate of drug-likeness (QED) is 0.619. The van der Waals surface area contributed by atoms with Crippen LogP contribution >= 0.6 is 11.3 Å². The molecule has 0 bridgehead atoms. The van der Waals surface area contributed by atoms with Crippen molar-refractivity contribution >= 4 is 22.9 Å². The second-order valence-corrected chi connectivity index (χ2v) is 7.40. The zero-order valence-electron chi connectivity index (χ0n) is 15.1. The van der Waals surface area contributed by atoms with Gasteiger partial charge in [0.05, 0.1) is 16.4 Å². The van der Waals surface area contributed by atoms with Crippen molar-refractivity contribution in [1.29, 1.82) is 0 Å². The van der Waals surface area contributed by atoms with Crippen LogP contribution in [0.4, 0.5) is 5.69 Å². The summed E-state index contributed by atoms with van der Waals surface area (Å²) in [6.07, 6.45) is 6.71. The summed E-state index contributed by atoms with van der Waals surface area (Å²) in [4.78, 5) is 19.0. The van der Waals surface area contributed by atoms with E-state index in [0.717, 1.165) is 54.9 Å². The highest BCUT2D eigenvalue weighted by Crippen LogP contribution is 2.36. The molecule has 25 heavy (non-hydrogen) atoms. The van der Waals surface area contributed by atoms with Crippen molar-refractivity contribution in [3.63, 3.8) is 0 Å². The third kappa shape index (κ3) is 4.21. The van der Waals surface area contributed by atoms with Crippen molar-refractivity contribution in [2.24, 2.45) is 0 Å². The van der Waals surface area contributed by atoms with Crippen LogP contribution in [0.2, 0.25) is 0 Å². The van der Waals surface area contributed by atoms with Gasteiger partial charge in [-0.3, -0.25) is 4.79 Å². The van der Waals surface area contributed by atoms with Gasteiger partial charge in [-0.2, -0.15) is 0 Å². The molecule has 1 aliphatic rings. The van der Waals surface area contributed by atoms with Gasteiger partial charge in [0.2, 0.25) is 0 Å². The molecule has 0 spiro atoms. The van der Waals surface area contributed by atoms with Crippen LogP contribution in [0.25, 0.3) is 11.3 Å². The number of hydrogen-bond acceptors (Lipinski definition) is 4. The number of fused-ring (bicyclic) bond motifs is 1. The minimum atomic E-state index is 0.0473. The molecule has 5 heteroatoms. The van der Waals surface area contributed by atoms with Crippen LogP contribution in [0.5, 0.6) is 5.75 Å². The molecule has 1 aromatic heterocycles. The van der Waals surface area contributed by atoms with E-state index in [-0.39, 0.29) is 12.5 Å². The van der Waals surface area contributed by atoms with Crippen molar-refractivity contribution in [1.82, 2.24) is 4.98 Å². The maximum atomic E-state index is 12.3. The molecule has 2 heterocycles. The molecular weight excluding hydrogens is 332 g/mol. The molecule has 1 aromatic carbocycles. The number of carbonyl (C=O) groups excluding carboxylic acids is 1. The first-order chi connectivity index (χ1) is 12.2. The summed E-state index contributed by atoms with van der Waals surface area (Å²) in [5.41, 5.74) is 2.92. The Morgan fingerprint density at radius 2 is 2.08 bits per heavy atom. The summed E-state index contributed by atoms with van der Waals surface area (Å²) in [6.45, 7) is 5.26. The Balaban J connectivity index is 1.82. The molecule has 3 rings (SSSR count). The van der Waals surface area contributed by atoms with E-state index in [1.807, 2.05) is 17.0 Å². The topological polar surface area (TPSA) is 42.4 Å². The SMILES string of the molecule is CCCCCCN1C(=O)COc2ccc(-c3csc(CCC)n3)cc21. The molecule has 2 aromatic rings. The predicted octanol–water partition coefficient (Wildman–Crippen LogP) is 5.07. The number of carbonyl (C=O) groups is 1. The Morgan fingerprint density at radius 3 is 2.88 bits per heavy atom. The van der Waals surface area contributed by atoms with Gasteiger partial charge in [-0.1, -0.05) is 33.1 Å². The molecule has 4 nitrogen and oxygen atoms in total. The molecular formula is C20H26N2O2S. The summed E-state index contributed by atoms with van der Waals surface area (Å²) >= 11 is 1.70. The summed E-state index contributed by atoms with van der Waals surface area (Å²) in [5, 5.41) is 3.27. The number of unbranched alkanes of at least 4 members (excludes halogenated alkanes) is 3. The summed E-state index contributed by atoms with van der Waals surface area (Å²) in [5.74, 6) is 0.842. The highest BCUT2D eigenvalue weighted by atomic mass is 32.1. The van der Waals surface area contributed by atoms with Crippen LogP contribution < -0.4 is 9.64 Å². The van der Waals surface area contributed by atoms with E-state index in [2.05, 4.69) is 25.3 Å². The number of aromatic nitrogens is 1. The van der Waals surface area contributed by atoms with Gasteiger partial charge in [0.1, 0.15) is 5.75 Å². The number of ether oxygens (including phenoxy) is 1. The zero-order valence-corrected chi connectivity index (χ0v) is 15.9. The van der Waals surface area contributed by atoms with Crippen LogP contribution in [-0.4, -0.2) is 24.0 Å². The fourth-order valence-corrected chi connectivity index (χ4v) is 3.98. The van der Waals surface area contributed by atoms with E-state index in [9.17, 15) is 4.79 Å². The summed E-state index contributed by atoms with van der Waals surface area (Å²) in [7, 11) is 0. The van der Waals surface area contributed by atoms with Gasteiger partial charge in [-0.15, -0.1) is 11.3 Å². The molecule has 134 valence electrons. The number of nitrogens with zero attached hydrogens (tertiary/aromatic N) is 2. The molecule has 0 saturated heterocycles. The first kappa shape index (κ1) is 17.9. The van der Waals surface area contributed by atoms with Crippen molar-refractivity contribution in [3.05, 3.63) is 28.6 Å². The largest absolute Gasteiger partial charge is 0.482 e. The van der Waals surface area contributed by atoms with Crippen LogP contribution in [0.15, 0.2) is 23.6 Å². The Hall–Kier alpha value is -1.88. The van der Waals surface area contributed by atoms with E-state index in [0.29, 0.717) is 0 Å². The van der Waals surface area contributed by atoms with E-state index < -0.39 is 0 Å². The number of amides is 1. The molecule has 0 radical (unpaired) electrons. The fraction of sp³-hybridized carbons (Fsp3) is 0.500. The fourth-order valence-electron chi connectivity index (χ4n) is 3.08. The number of anilines is 1. The standard InChI is InChI=1S/C20H26N2O2S/c1-3-5-6-7-11-22-17-12-15(9-10-18(17)24-13-20(22)23)16-14-25-19(21-16)8-4-2/h9-10,12,14H,3-8,11,13H2,1-2H3. The van der Waals surface area contributed by atoms with Gasteiger partial charge in [-0.05, 0) is 37.5 Å². The monoisotopic (exact) mass is 358 g/mol. The molecule has 0 atom stereocenters. The molecule has 0 fully saturated rings. The molecule has 0 aliphatic carbocycles. The number of hydrogen-bond donors (Lipinski definition) is 0. The van der Waals surface area contributed by atoms with Gasteiger partial charge < -0.3 is 9.64 Å².